The molecule has 0 aromatic carbocycles. The molecule has 3 fully saturated rings. The first-order valence-corrected chi connectivity index (χ1v) is 7.54. The van der Waals surface area contributed by atoms with Crippen molar-refractivity contribution in [1.29, 1.82) is 0 Å². The molecule has 0 saturated carbocycles. The van der Waals surface area contributed by atoms with Gasteiger partial charge in [-0.15, -0.1) is 0 Å². The smallest absolute Gasteiger partial charge is 0.231 e. The van der Waals surface area contributed by atoms with Crippen molar-refractivity contribution in [2.45, 2.75) is 55.7 Å². The van der Waals surface area contributed by atoms with E-state index in [1.807, 2.05) is 0 Å². The molecule has 3 saturated heterocycles. The van der Waals surface area contributed by atoms with Gasteiger partial charge in [-0.1, -0.05) is 5.16 Å². The quantitative estimate of drug-likeness (QED) is 0.900. The minimum absolute atomic E-state index is 0.378. The molecule has 1 N–H and O–H groups in total. The topological polar surface area (TPSA) is 69.4 Å². The molecular formula is C14H21N3O3. The highest BCUT2D eigenvalue weighted by atomic mass is 16.5. The number of hydrogen-bond acceptors (Lipinski definition) is 6. The summed E-state index contributed by atoms with van der Waals surface area (Å²) in [5, 5.41) is 7.83. The molecule has 20 heavy (non-hydrogen) atoms. The van der Waals surface area contributed by atoms with Crippen LogP contribution in [-0.4, -0.2) is 42.5 Å². The Kier molecular flexibility index (Phi) is 3.05. The zero-order valence-electron chi connectivity index (χ0n) is 11.8. The first-order chi connectivity index (χ1) is 9.81. The Hall–Kier alpha value is -0.980. The van der Waals surface area contributed by atoms with Gasteiger partial charge in [0.05, 0.1) is 5.92 Å². The summed E-state index contributed by atoms with van der Waals surface area (Å²) in [5.74, 6) is 1.85. The van der Waals surface area contributed by atoms with Gasteiger partial charge >= 0.3 is 0 Å². The van der Waals surface area contributed by atoms with Crippen molar-refractivity contribution >= 4 is 0 Å². The van der Waals surface area contributed by atoms with E-state index in [0.29, 0.717) is 37.0 Å². The van der Waals surface area contributed by atoms with E-state index in [1.54, 1.807) is 7.11 Å². The first-order valence-electron chi connectivity index (χ1n) is 7.54. The maximum Gasteiger partial charge on any atom is 0.231 e. The zero-order chi connectivity index (χ0) is 13.6. The van der Waals surface area contributed by atoms with E-state index in [2.05, 4.69) is 15.5 Å². The van der Waals surface area contributed by atoms with Gasteiger partial charge in [0.15, 0.2) is 0 Å². The van der Waals surface area contributed by atoms with Gasteiger partial charge in [0.25, 0.3) is 0 Å². The van der Waals surface area contributed by atoms with Crippen LogP contribution in [0.4, 0.5) is 0 Å². The average Bonchev–Trinajstić information content (AvgIpc) is 3.23. The van der Waals surface area contributed by atoms with Crippen LogP contribution in [0.3, 0.4) is 0 Å². The summed E-state index contributed by atoms with van der Waals surface area (Å²) in [6, 6.07) is 1.15. The summed E-state index contributed by atoms with van der Waals surface area (Å²) in [6.07, 6.45) is 5.20. The number of aromatic nitrogens is 2. The highest BCUT2D eigenvalue weighted by Gasteiger charge is 2.44. The van der Waals surface area contributed by atoms with Crippen molar-refractivity contribution in [3.63, 3.8) is 0 Å². The van der Waals surface area contributed by atoms with Crippen molar-refractivity contribution in [1.82, 2.24) is 15.5 Å². The first kappa shape index (κ1) is 12.7. The van der Waals surface area contributed by atoms with Gasteiger partial charge in [-0.3, -0.25) is 0 Å². The Morgan fingerprint density at radius 1 is 1.30 bits per heavy atom. The highest BCUT2D eigenvalue weighted by Crippen LogP contribution is 2.40. The lowest BCUT2D eigenvalue weighted by Crippen LogP contribution is -2.36. The Labute approximate surface area is 118 Å². The SMILES string of the molecule is COC1(c2noc(C3CC4CCC3N4)n2)CCOCC1. The lowest BCUT2D eigenvalue weighted by atomic mass is 9.89. The van der Waals surface area contributed by atoms with Crippen LogP contribution in [0.15, 0.2) is 4.52 Å². The Balaban J connectivity index is 1.58. The standard InChI is InChI=1S/C14H21N3O3/c1-18-14(4-6-19-7-5-14)13-16-12(20-17-13)10-8-9-2-3-11(10)15-9/h9-11,15H,2-8H2,1H3. The van der Waals surface area contributed by atoms with E-state index in [4.69, 9.17) is 14.0 Å². The molecule has 3 aliphatic heterocycles. The van der Waals surface area contributed by atoms with Crippen LogP contribution in [0.2, 0.25) is 0 Å². The summed E-state index contributed by atoms with van der Waals surface area (Å²) < 4.78 is 16.7. The third-order valence-electron chi connectivity index (χ3n) is 5.16. The molecule has 4 rings (SSSR count). The van der Waals surface area contributed by atoms with E-state index in [0.717, 1.165) is 25.2 Å². The minimum Gasteiger partial charge on any atom is -0.381 e. The molecular weight excluding hydrogens is 258 g/mol. The number of rotatable bonds is 3. The van der Waals surface area contributed by atoms with Gasteiger partial charge in [-0.05, 0) is 19.3 Å². The number of nitrogens with one attached hydrogen (secondary N) is 1. The molecule has 6 nitrogen and oxygen atoms in total. The summed E-state index contributed by atoms with van der Waals surface area (Å²) in [6.45, 7) is 1.38. The number of methoxy groups -OCH3 is 1. The molecule has 3 atom stereocenters. The van der Waals surface area contributed by atoms with Crippen LogP contribution >= 0.6 is 0 Å². The Morgan fingerprint density at radius 3 is 2.80 bits per heavy atom. The Bertz CT molecular complexity index is 484. The van der Waals surface area contributed by atoms with Gasteiger partial charge in [0.2, 0.25) is 11.7 Å². The number of nitrogens with zero attached hydrogens (tertiary/aromatic N) is 2. The van der Waals surface area contributed by atoms with E-state index >= 15 is 0 Å². The lowest BCUT2D eigenvalue weighted by molar-refractivity contribution is -0.101. The molecule has 3 aliphatic rings. The van der Waals surface area contributed by atoms with Crippen molar-refractivity contribution in [3.8, 4) is 0 Å². The molecule has 0 radical (unpaired) electrons. The fourth-order valence-electron chi connectivity index (χ4n) is 3.89. The van der Waals surface area contributed by atoms with E-state index in [9.17, 15) is 0 Å². The predicted molar refractivity (Wildman–Crippen MR) is 70.3 cm³/mol. The lowest BCUT2D eigenvalue weighted by Gasteiger charge is -2.32. The average molecular weight is 279 g/mol. The van der Waals surface area contributed by atoms with Gasteiger partial charge in [0.1, 0.15) is 5.60 Å². The molecule has 110 valence electrons. The third kappa shape index (κ3) is 1.89. The largest absolute Gasteiger partial charge is 0.381 e. The number of ether oxygens (including phenoxy) is 2. The molecule has 1 aromatic rings. The van der Waals surface area contributed by atoms with Crippen LogP contribution in [0.5, 0.6) is 0 Å². The zero-order valence-corrected chi connectivity index (χ0v) is 11.8. The third-order valence-corrected chi connectivity index (χ3v) is 5.16. The van der Waals surface area contributed by atoms with Crippen molar-refractivity contribution in [2.24, 2.45) is 0 Å². The predicted octanol–water partition coefficient (Wildman–Crippen LogP) is 1.33. The van der Waals surface area contributed by atoms with E-state index in [1.165, 1.54) is 12.8 Å². The molecule has 0 spiro atoms. The van der Waals surface area contributed by atoms with Gasteiger partial charge < -0.3 is 19.3 Å². The monoisotopic (exact) mass is 279 g/mol. The fraction of sp³-hybridized carbons (Fsp3) is 0.857. The molecule has 0 aliphatic carbocycles. The number of fused-ring (bicyclic) bond motifs is 2. The maximum absolute atomic E-state index is 5.72. The molecule has 0 amide bonds. The Morgan fingerprint density at radius 2 is 2.15 bits per heavy atom. The molecule has 3 unspecified atom stereocenters. The van der Waals surface area contributed by atoms with E-state index in [-0.39, 0.29) is 0 Å². The van der Waals surface area contributed by atoms with Crippen LogP contribution in [0.1, 0.15) is 49.7 Å². The number of hydrogen-bond donors (Lipinski definition) is 1. The van der Waals surface area contributed by atoms with Crippen LogP contribution < -0.4 is 5.32 Å². The van der Waals surface area contributed by atoms with Crippen molar-refractivity contribution < 1.29 is 14.0 Å². The second kappa shape index (κ2) is 4.79. The molecule has 2 bridgehead atoms. The fourth-order valence-corrected chi connectivity index (χ4v) is 3.89. The molecule has 6 heteroatoms. The van der Waals surface area contributed by atoms with Gasteiger partial charge in [-0.2, -0.15) is 4.98 Å². The van der Waals surface area contributed by atoms with Gasteiger partial charge in [-0.25, -0.2) is 0 Å². The van der Waals surface area contributed by atoms with Crippen molar-refractivity contribution in [2.75, 3.05) is 20.3 Å². The summed E-state index contributed by atoms with van der Waals surface area (Å²) in [5.41, 5.74) is -0.426. The highest BCUT2D eigenvalue weighted by molar-refractivity contribution is 5.12. The second-order valence-electron chi connectivity index (χ2n) is 6.16. The summed E-state index contributed by atoms with van der Waals surface area (Å²) >= 11 is 0. The van der Waals surface area contributed by atoms with Crippen LogP contribution in [0.25, 0.3) is 0 Å². The minimum atomic E-state index is -0.426. The van der Waals surface area contributed by atoms with Crippen molar-refractivity contribution in [3.05, 3.63) is 11.7 Å². The summed E-state index contributed by atoms with van der Waals surface area (Å²) in [4.78, 5) is 4.68. The second-order valence-corrected chi connectivity index (χ2v) is 6.16. The normalized spacial score (nSPS) is 35.5. The van der Waals surface area contributed by atoms with Crippen LogP contribution in [0, 0.1) is 0 Å². The summed E-state index contributed by atoms with van der Waals surface area (Å²) in [7, 11) is 1.72. The van der Waals surface area contributed by atoms with Crippen LogP contribution in [-0.2, 0) is 15.1 Å². The van der Waals surface area contributed by atoms with Gasteiger partial charge in [0, 0.05) is 45.2 Å². The van der Waals surface area contributed by atoms with E-state index < -0.39 is 5.60 Å². The molecule has 1 aromatic heterocycles. The maximum atomic E-state index is 5.72. The molecule has 4 heterocycles.